The lowest BCUT2D eigenvalue weighted by molar-refractivity contribution is 0.0111. The highest BCUT2D eigenvalue weighted by Gasteiger charge is 2.53. The largest absolute Gasteiger partial charge is 0.497 e. The fourth-order valence-electron chi connectivity index (χ4n) is 7.33. The molecule has 0 radical (unpaired) electrons. The number of nitrogens with zero attached hydrogens (tertiary/aromatic N) is 1. The number of ether oxygens (including phenoxy) is 1. The third-order valence-electron chi connectivity index (χ3n) is 9.18. The van der Waals surface area contributed by atoms with Crippen molar-refractivity contribution in [2.45, 2.75) is 70.6 Å². The molecule has 1 heterocycles. The van der Waals surface area contributed by atoms with Crippen LogP contribution >= 0.6 is 0 Å². The molecule has 1 aromatic heterocycles. The number of aromatic nitrogens is 1. The number of aryl methyl sites for hydroxylation is 1. The zero-order chi connectivity index (χ0) is 26.0. The first-order valence-electron chi connectivity index (χ1n) is 13.8. The van der Waals surface area contributed by atoms with Gasteiger partial charge in [-0.05, 0) is 101 Å². The second-order valence-electron chi connectivity index (χ2n) is 11.7. The Morgan fingerprint density at radius 3 is 2.73 bits per heavy atom. The molecule has 2 aliphatic carbocycles. The van der Waals surface area contributed by atoms with Crippen molar-refractivity contribution >= 4 is 5.91 Å². The monoisotopic (exact) mass is 496 g/mol. The average molecular weight is 497 g/mol. The average Bonchev–Trinajstić information content (AvgIpc) is 2.92. The van der Waals surface area contributed by atoms with Crippen LogP contribution in [0.15, 0.2) is 66.9 Å². The van der Waals surface area contributed by atoms with E-state index in [4.69, 9.17) is 4.74 Å². The molecule has 4 nitrogen and oxygen atoms in total. The van der Waals surface area contributed by atoms with Gasteiger partial charge in [0.15, 0.2) is 0 Å². The zero-order valence-electron chi connectivity index (χ0n) is 22.7. The van der Waals surface area contributed by atoms with E-state index in [9.17, 15) is 4.79 Å². The van der Waals surface area contributed by atoms with Crippen molar-refractivity contribution in [1.29, 1.82) is 0 Å². The van der Waals surface area contributed by atoms with E-state index in [1.807, 2.05) is 18.2 Å². The Kier molecular flexibility index (Phi) is 7.11. The molecule has 1 saturated carbocycles. The summed E-state index contributed by atoms with van der Waals surface area (Å²) in [4.78, 5) is 17.4. The lowest BCUT2D eigenvalue weighted by atomic mass is 9.48. The number of amides is 1. The Balaban J connectivity index is 1.52. The summed E-state index contributed by atoms with van der Waals surface area (Å²) in [6.07, 6.45) is 8.31. The number of methoxy groups -OCH3 is 1. The highest BCUT2D eigenvalue weighted by molar-refractivity contribution is 5.92. The number of pyridine rings is 1. The van der Waals surface area contributed by atoms with Gasteiger partial charge in [-0.1, -0.05) is 63.6 Å². The molecule has 1 amide bonds. The molecule has 0 aliphatic heterocycles. The second kappa shape index (κ2) is 10.3. The molecular formula is C33H40N2O2. The van der Waals surface area contributed by atoms with Crippen LogP contribution in [0.3, 0.4) is 0 Å². The molecule has 194 valence electrons. The summed E-state index contributed by atoms with van der Waals surface area (Å²) in [5.74, 6) is 1.81. The topological polar surface area (TPSA) is 51.2 Å². The smallest absolute Gasteiger partial charge is 0.269 e. The minimum absolute atomic E-state index is 0.0434. The Morgan fingerprint density at radius 1 is 1.11 bits per heavy atom. The number of carbonyl (C=O) groups excluding carboxylic acids is 1. The number of benzene rings is 2. The van der Waals surface area contributed by atoms with E-state index in [2.05, 4.69) is 67.5 Å². The number of hydrogen-bond donors (Lipinski definition) is 1. The van der Waals surface area contributed by atoms with E-state index < -0.39 is 0 Å². The van der Waals surface area contributed by atoms with Gasteiger partial charge in [-0.25, -0.2) is 0 Å². The van der Waals surface area contributed by atoms with E-state index in [1.54, 1.807) is 19.4 Å². The molecular weight excluding hydrogens is 456 g/mol. The molecule has 0 saturated heterocycles. The summed E-state index contributed by atoms with van der Waals surface area (Å²) in [6.45, 7) is 7.70. The van der Waals surface area contributed by atoms with Gasteiger partial charge < -0.3 is 10.1 Å². The van der Waals surface area contributed by atoms with Crippen LogP contribution in [-0.2, 0) is 18.3 Å². The first-order valence-corrected chi connectivity index (χ1v) is 13.8. The molecule has 0 unspecified atom stereocenters. The summed E-state index contributed by atoms with van der Waals surface area (Å²) in [7, 11) is 1.73. The molecule has 1 N–H and O–H groups in total. The normalized spacial score (nSPS) is 24.7. The Bertz CT molecular complexity index is 1250. The zero-order valence-corrected chi connectivity index (χ0v) is 22.7. The number of nitrogens with one attached hydrogen (secondary N) is 1. The van der Waals surface area contributed by atoms with E-state index in [-0.39, 0.29) is 16.7 Å². The summed E-state index contributed by atoms with van der Waals surface area (Å²) < 4.78 is 5.56. The minimum atomic E-state index is -0.0873. The summed E-state index contributed by atoms with van der Waals surface area (Å²) in [5, 5.41) is 3.32. The van der Waals surface area contributed by atoms with Crippen molar-refractivity contribution in [3.8, 4) is 5.75 Å². The molecule has 0 spiro atoms. The molecule has 37 heavy (non-hydrogen) atoms. The van der Waals surface area contributed by atoms with Gasteiger partial charge >= 0.3 is 0 Å². The molecule has 3 atom stereocenters. The van der Waals surface area contributed by atoms with Crippen LogP contribution in [0.2, 0.25) is 0 Å². The van der Waals surface area contributed by atoms with Gasteiger partial charge in [0.05, 0.1) is 7.11 Å². The third kappa shape index (κ3) is 4.91. The maximum atomic E-state index is 13.1. The van der Waals surface area contributed by atoms with Gasteiger partial charge in [0, 0.05) is 12.7 Å². The lowest BCUT2D eigenvalue weighted by Crippen LogP contribution is -2.55. The van der Waals surface area contributed by atoms with Crippen LogP contribution in [-0.4, -0.2) is 24.5 Å². The highest BCUT2D eigenvalue weighted by Crippen LogP contribution is 2.58. The summed E-state index contributed by atoms with van der Waals surface area (Å²) >= 11 is 0. The van der Waals surface area contributed by atoms with Crippen molar-refractivity contribution in [2.75, 3.05) is 13.7 Å². The van der Waals surface area contributed by atoms with Gasteiger partial charge in [0.25, 0.3) is 5.91 Å². The predicted octanol–water partition coefficient (Wildman–Crippen LogP) is 6.88. The van der Waals surface area contributed by atoms with Gasteiger partial charge in [-0.3, -0.25) is 9.78 Å². The number of hydrogen-bond acceptors (Lipinski definition) is 3. The first kappa shape index (κ1) is 25.5. The number of fused-ring (bicyclic) bond motifs is 3. The fraction of sp³-hybridized carbons (Fsp3) is 0.455. The highest BCUT2D eigenvalue weighted by atomic mass is 16.5. The van der Waals surface area contributed by atoms with E-state index >= 15 is 0 Å². The standard InChI is InChI=1S/C33H40N2O2/c1-23(2)25-12-14-28-26(20-25)13-15-30-32(28,3)16-8-17-33(30,21-24-9-7-10-27(19-24)37-4)22-35-31(36)29-11-5-6-18-34-29/h5-7,9-12,14,18-20,23,30H,8,13,15-17,21-22H2,1-4H3,(H,35,36)/t30-,32-,33-/m1/s1. The molecule has 1 fully saturated rings. The van der Waals surface area contributed by atoms with Crippen molar-refractivity contribution in [3.05, 3.63) is 94.8 Å². The SMILES string of the molecule is COc1cccc(C[C@@]2(CNC(=O)c3ccccn3)CCC[C@]3(C)c4ccc(C(C)C)cc4CC[C@@H]23)c1. The maximum Gasteiger partial charge on any atom is 0.269 e. The van der Waals surface area contributed by atoms with Crippen LogP contribution in [0.25, 0.3) is 0 Å². The Hall–Kier alpha value is -3.14. The van der Waals surface area contributed by atoms with Gasteiger partial charge in [-0.15, -0.1) is 0 Å². The number of rotatable bonds is 7. The minimum Gasteiger partial charge on any atom is -0.497 e. The first-order chi connectivity index (χ1) is 17.8. The Labute approximate surface area is 221 Å². The van der Waals surface area contributed by atoms with E-state index in [0.29, 0.717) is 24.1 Å². The maximum absolute atomic E-state index is 13.1. The van der Waals surface area contributed by atoms with Crippen LogP contribution in [0.1, 0.15) is 85.1 Å². The predicted molar refractivity (Wildman–Crippen MR) is 149 cm³/mol. The Morgan fingerprint density at radius 2 is 1.97 bits per heavy atom. The van der Waals surface area contributed by atoms with Crippen molar-refractivity contribution < 1.29 is 9.53 Å². The molecule has 2 aliphatic rings. The lowest BCUT2D eigenvalue weighted by Gasteiger charge is -2.57. The quantitative estimate of drug-likeness (QED) is 0.388. The summed E-state index contributed by atoms with van der Waals surface area (Å²) in [5.41, 5.74) is 6.29. The van der Waals surface area contributed by atoms with Crippen molar-refractivity contribution in [3.63, 3.8) is 0 Å². The van der Waals surface area contributed by atoms with Crippen LogP contribution in [0.5, 0.6) is 5.75 Å². The van der Waals surface area contributed by atoms with Gasteiger partial charge in [0.1, 0.15) is 11.4 Å². The molecule has 2 aromatic carbocycles. The third-order valence-corrected chi connectivity index (χ3v) is 9.18. The molecule has 5 rings (SSSR count). The molecule has 4 heteroatoms. The van der Waals surface area contributed by atoms with Crippen LogP contribution in [0, 0.1) is 11.3 Å². The van der Waals surface area contributed by atoms with Crippen molar-refractivity contribution in [1.82, 2.24) is 10.3 Å². The van der Waals surface area contributed by atoms with E-state index in [1.165, 1.54) is 28.7 Å². The van der Waals surface area contributed by atoms with Crippen LogP contribution in [0.4, 0.5) is 0 Å². The van der Waals surface area contributed by atoms with Crippen molar-refractivity contribution in [2.24, 2.45) is 11.3 Å². The van der Waals surface area contributed by atoms with Crippen LogP contribution < -0.4 is 10.1 Å². The molecule has 0 bridgehead atoms. The van der Waals surface area contributed by atoms with E-state index in [0.717, 1.165) is 37.9 Å². The summed E-state index contributed by atoms with van der Waals surface area (Å²) in [6, 6.07) is 21.2. The number of carbonyl (C=O) groups is 1. The van der Waals surface area contributed by atoms with Gasteiger partial charge in [-0.2, -0.15) is 0 Å². The van der Waals surface area contributed by atoms with Gasteiger partial charge in [0.2, 0.25) is 0 Å². The second-order valence-corrected chi connectivity index (χ2v) is 11.7. The fourth-order valence-corrected chi connectivity index (χ4v) is 7.33. The molecule has 3 aromatic rings.